The topological polar surface area (TPSA) is 80.9 Å². The van der Waals surface area contributed by atoms with Crippen LogP contribution in [0, 0.1) is 0 Å². The van der Waals surface area contributed by atoms with Crippen LogP contribution in [0.15, 0.2) is 43.0 Å². The fourth-order valence-electron chi connectivity index (χ4n) is 1.22. The van der Waals surface area contributed by atoms with Gasteiger partial charge in [-0.3, -0.25) is 14.8 Å². The minimum Gasteiger partial charge on any atom is -0.397 e. The Morgan fingerprint density at radius 2 is 1.94 bits per heavy atom. The third-order valence-electron chi connectivity index (χ3n) is 1.96. The van der Waals surface area contributed by atoms with Crippen molar-refractivity contribution in [1.29, 1.82) is 0 Å². The summed E-state index contributed by atoms with van der Waals surface area (Å²) in [5, 5.41) is 2.71. The molecule has 0 saturated heterocycles. The Bertz CT molecular complexity index is 498. The van der Waals surface area contributed by atoms with Crippen molar-refractivity contribution < 1.29 is 4.79 Å². The molecule has 2 aromatic rings. The molecule has 5 heteroatoms. The maximum Gasteiger partial charge on any atom is 0.257 e. The lowest BCUT2D eigenvalue weighted by molar-refractivity contribution is 0.102. The highest BCUT2D eigenvalue weighted by Gasteiger charge is 2.06. The smallest absolute Gasteiger partial charge is 0.257 e. The van der Waals surface area contributed by atoms with E-state index in [0.717, 1.165) is 0 Å². The van der Waals surface area contributed by atoms with Crippen LogP contribution in [0.3, 0.4) is 0 Å². The molecule has 0 radical (unpaired) electrons. The summed E-state index contributed by atoms with van der Waals surface area (Å²) in [7, 11) is 0. The van der Waals surface area contributed by atoms with E-state index in [4.69, 9.17) is 5.73 Å². The first kappa shape index (κ1) is 10.1. The van der Waals surface area contributed by atoms with Gasteiger partial charge < -0.3 is 11.1 Å². The van der Waals surface area contributed by atoms with Gasteiger partial charge >= 0.3 is 0 Å². The van der Waals surface area contributed by atoms with Crippen molar-refractivity contribution in [3.05, 3.63) is 48.5 Å². The first-order valence-corrected chi connectivity index (χ1v) is 4.67. The van der Waals surface area contributed by atoms with Crippen LogP contribution in [0.1, 0.15) is 10.4 Å². The molecule has 0 aliphatic rings. The van der Waals surface area contributed by atoms with Gasteiger partial charge in [0.05, 0.1) is 11.3 Å². The molecular formula is C11H10N4O. The van der Waals surface area contributed by atoms with Crippen LogP contribution in [-0.2, 0) is 0 Å². The second-order valence-electron chi connectivity index (χ2n) is 3.20. The molecule has 2 heterocycles. The summed E-state index contributed by atoms with van der Waals surface area (Å²) in [5.41, 5.74) is 7.11. The monoisotopic (exact) mass is 214 g/mol. The molecule has 1 amide bonds. The number of aromatic nitrogens is 2. The van der Waals surface area contributed by atoms with Gasteiger partial charge in [0.25, 0.3) is 5.91 Å². The van der Waals surface area contributed by atoms with E-state index in [0.29, 0.717) is 16.9 Å². The molecule has 80 valence electrons. The first-order chi connectivity index (χ1) is 7.75. The van der Waals surface area contributed by atoms with Crippen LogP contribution in [0.2, 0.25) is 0 Å². The Labute approximate surface area is 92.3 Å². The van der Waals surface area contributed by atoms with Gasteiger partial charge in [-0.05, 0) is 18.2 Å². The van der Waals surface area contributed by atoms with Crippen LogP contribution in [0.25, 0.3) is 0 Å². The number of pyridine rings is 2. The van der Waals surface area contributed by atoms with E-state index in [2.05, 4.69) is 15.3 Å². The molecule has 5 nitrogen and oxygen atoms in total. The van der Waals surface area contributed by atoms with Gasteiger partial charge in [-0.15, -0.1) is 0 Å². The Balaban J connectivity index is 2.15. The van der Waals surface area contributed by atoms with Crippen LogP contribution < -0.4 is 11.1 Å². The number of carbonyl (C=O) groups excluding carboxylic acids is 1. The van der Waals surface area contributed by atoms with E-state index < -0.39 is 0 Å². The van der Waals surface area contributed by atoms with Gasteiger partial charge in [-0.25, -0.2) is 0 Å². The number of nitrogens with two attached hydrogens (primary N) is 1. The van der Waals surface area contributed by atoms with Crippen molar-refractivity contribution in [2.24, 2.45) is 0 Å². The normalized spacial score (nSPS) is 9.75. The second kappa shape index (κ2) is 4.39. The summed E-state index contributed by atoms with van der Waals surface area (Å²) in [4.78, 5) is 19.4. The lowest BCUT2D eigenvalue weighted by Crippen LogP contribution is -2.12. The predicted molar refractivity (Wildman–Crippen MR) is 60.8 cm³/mol. The molecule has 3 N–H and O–H groups in total. The number of nitrogen functional groups attached to an aromatic ring is 1. The maximum absolute atomic E-state index is 11.7. The molecule has 0 unspecified atom stereocenters. The SMILES string of the molecule is Nc1cncc(C(=O)Nc2ccncc2)c1. The standard InChI is InChI=1S/C11H10N4O/c12-9-5-8(6-14-7-9)11(16)15-10-1-3-13-4-2-10/h1-7H,12H2,(H,13,15,16). The molecule has 0 fully saturated rings. The summed E-state index contributed by atoms with van der Waals surface area (Å²) in [6, 6.07) is 4.98. The van der Waals surface area contributed by atoms with E-state index in [-0.39, 0.29) is 5.91 Å². The minimum atomic E-state index is -0.244. The van der Waals surface area contributed by atoms with E-state index in [1.807, 2.05) is 0 Å². The van der Waals surface area contributed by atoms with Crippen molar-refractivity contribution in [3.8, 4) is 0 Å². The number of amides is 1. The summed E-state index contributed by atoms with van der Waals surface area (Å²) >= 11 is 0. The quantitative estimate of drug-likeness (QED) is 0.789. The van der Waals surface area contributed by atoms with E-state index in [1.165, 1.54) is 12.4 Å². The van der Waals surface area contributed by atoms with Gasteiger partial charge in [0, 0.05) is 30.5 Å². The van der Waals surface area contributed by atoms with Crippen molar-refractivity contribution >= 4 is 17.3 Å². The molecule has 0 aromatic carbocycles. The Hall–Kier alpha value is -2.43. The Morgan fingerprint density at radius 1 is 1.19 bits per heavy atom. The van der Waals surface area contributed by atoms with Gasteiger partial charge in [0.1, 0.15) is 0 Å². The molecule has 0 aliphatic heterocycles. The highest BCUT2D eigenvalue weighted by Crippen LogP contribution is 2.08. The van der Waals surface area contributed by atoms with Crippen molar-refractivity contribution in [2.45, 2.75) is 0 Å². The highest BCUT2D eigenvalue weighted by atomic mass is 16.1. The molecule has 0 bridgehead atoms. The van der Waals surface area contributed by atoms with E-state index >= 15 is 0 Å². The van der Waals surface area contributed by atoms with Gasteiger partial charge in [-0.1, -0.05) is 0 Å². The summed E-state index contributed by atoms with van der Waals surface area (Å²) < 4.78 is 0. The van der Waals surface area contributed by atoms with Crippen molar-refractivity contribution in [2.75, 3.05) is 11.1 Å². The lowest BCUT2D eigenvalue weighted by atomic mass is 10.2. The Kier molecular flexibility index (Phi) is 2.77. The van der Waals surface area contributed by atoms with Crippen LogP contribution in [0.4, 0.5) is 11.4 Å². The third-order valence-corrected chi connectivity index (χ3v) is 1.96. The number of hydrogen-bond donors (Lipinski definition) is 2. The van der Waals surface area contributed by atoms with Gasteiger partial charge in [0.2, 0.25) is 0 Å². The fraction of sp³-hybridized carbons (Fsp3) is 0. The van der Waals surface area contributed by atoms with Gasteiger partial charge in [0.15, 0.2) is 0 Å². The molecule has 16 heavy (non-hydrogen) atoms. The first-order valence-electron chi connectivity index (χ1n) is 4.67. The molecule has 0 spiro atoms. The molecule has 2 rings (SSSR count). The zero-order valence-electron chi connectivity index (χ0n) is 8.42. The number of rotatable bonds is 2. The van der Waals surface area contributed by atoms with Gasteiger partial charge in [-0.2, -0.15) is 0 Å². The number of nitrogens with one attached hydrogen (secondary N) is 1. The van der Waals surface area contributed by atoms with Crippen LogP contribution in [0.5, 0.6) is 0 Å². The molecule has 0 atom stereocenters. The summed E-state index contributed by atoms with van der Waals surface area (Å²) in [5.74, 6) is -0.244. The largest absolute Gasteiger partial charge is 0.397 e. The number of carbonyl (C=O) groups is 1. The van der Waals surface area contributed by atoms with Crippen LogP contribution in [-0.4, -0.2) is 15.9 Å². The predicted octanol–water partition coefficient (Wildman–Crippen LogP) is 1.31. The lowest BCUT2D eigenvalue weighted by Gasteiger charge is -2.04. The van der Waals surface area contributed by atoms with Crippen LogP contribution >= 0.6 is 0 Å². The van der Waals surface area contributed by atoms with Crippen molar-refractivity contribution in [3.63, 3.8) is 0 Å². The molecule has 2 aromatic heterocycles. The Morgan fingerprint density at radius 3 is 2.62 bits per heavy atom. The minimum absolute atomic E-state index is 0.244. The number of nitrogens with zero attached hydrogens (tertiary/aromatic N) is 2. The number of hydrogen-bond acceptors (Lipinski definition) is 4. The van der Waals surface area contributed by atoms with Crippen molar-refractivity contribution in [1.82, 2.24) is 9.97 Å². The average Bonchev–Trinajstić information content (AvgIpc) is 2.30. The molecular weight excluding hydrogens is 204 g/mol. The molecule has 0 saturated carbocycles. The molecule has 0 aliphatic carbocycles. The summed E-state index contributed by atoms with van der Waals surface area (Å²) in [6.07, 6.45) is 6.16. The highest BCUT2D eigenvalue weighted by molar-refractivity contribution is 6.04. The zero-order valence-corrected chi connectivity index (χ0v) is 8.42. The van der Waals surface area contributed by atoms with E-state index in [9.17, 15) is 4.79 Å². The second-order valence-corrected chi connectivity index (χ2v) is 3.20. The average molecular weight is 214 g/mol. The maximum atomic E-state index is 11.7. The third kappa shape index (κ3) is 2.33. The number of anilines is 2. The fourth-order valence-corrected chi connectivity index (χ4v) is 1.22. The summed E-state index contributed by atoms with van der Waals surface area (Å²) in [6.45, 7) is 0. The zero-order chi connectivity index (χ0) is 11.4. The van der Waals surface area contributed by atoms with E-state index in [1.54, 1.807) is 30.6 Å².